The minimum Gasteiger partial charge on any atom is -0.434 e. The Balaban J connectivity index is 1.97. The highest BCUT2D eigenvalue weighted by molar-refractivity contribution is 5.83. The topological polar surface area (TPSA) is 65.7 Å². The summed E-state index contributed by atoms with van der Waals surface area (Å²) in [5.74, 6) is 0.268. The van der Waals surface area contributed by atoms with Crippen molar-refractivity contribution in [3.05, 3.63) is 75.6 Å². The molecular weight excluding hydrogens is 320 g/mol. The van der Waals surface area contributed by atoms with E-state index in [-0.39, 0.29) is 18.0 Å². The van der Waals surface area contributed by atoms with E-state index in [2.05, 4.69) is 0 Å². The lowest BCUT2D eigenvalue weighted by Gasteiger charge is -2.09. The van der Waals surface area contributed by atoms with Crippen LogP contribution in [0.25, 0.3) is 11.0 Å². The van der Waals surface area contributed by atoms with Gasteiger partial charge in [-0.05, 0) is 37.1 Å². The molecule has 0 amide bonds. The van der Waals surface area contributed by atoms with Crippen LogP contribution in [-0.2, 0) is 11.2 Å². The molecule has 0 spiro atoms. The van der Waals surface area contributed by atoms with Crippen molar-refractivity contribution in [3.8, 4) is 5.75 Å². The average Bonchev–Trinajstić information content (AvgIpc) is 2.59. The van der Waals surface area contributed by atoms with Crippen LogP contribution >= 0.6 is 0 Å². The lowest BCUT2D eigenvalue weighted by molar-refractivity contribution is 0.104. The van der Waals surface area contributed by atoms with Crippen molar-refractivity contribution in [1.29, 1.82) is 0 Å². The van der Waals surface area contributed by atoms with Gasteiger partial charge < -0.3 is 13.9 Å². The van der Waals surface area contributed by atoms with Crippen molar-refractivity contribution >= 4 is 17.1 Å². The smallest absolute Gasteiger partial charge is 0.434 e. The van der Waals surface area contributed by atoms with Gasteiger partial charge in [0.05, 0.1) is 6.61 Å². The molecule has 0 N–H and O–H groups in total. The Bertz CT molecular complexity index is 957. The highest BCUT2D eigenvalue weighted by Gasteiger charge is 2.14. The van der Waals surface area contributed by atoms with Crippen LogP contribution in [0.15, 0.2) is 57.7 Å². The summed E-state index contributed by atoms with van der Waals surface area (Å²) in [5, 5.41) is 0.807. The summed E-state index contributed by atoms with van der Waals surface area (Å²) >= 11 is 0. The number of aryl methyl sites for hydroxylation is 1. The first kappa shape index (κ1) is 16.8. The van der Waals surface area contributed by atoms with E-state index in [1.807, 2.05) is 37.3 Å². The summed E-state index contributed by atoms with van der Waals surface area (Å²) in [6.07, 6.45) is -0.284. The summed E-state index contributed by atoms with van der Waals surface area (Å²) in [5.41, 5.74) is 2.51. The fourth-order valence-corrected chi connectivity index (χ4v) is 2.69. The summed E-state index contributed by atoms with van der Waals surface area (Å²) < 4.78 is 15.2. The van der Waals surface area contributed by atoms with Crippen molar-refractivity contribution in [1.82, 2.24) is 0 Å². The van der Waals surface area contributed by atoms with Crippen molar-refractivity contribution < 1.29 is 18.7 Å². The molecule has 0 radical (unpaired) electrons. The maximum absolute atomic E-state index is 12.4. The van der Waals surface area contributed by atoms with Gasteiger partial charge in [0.1, 0.15) is 11.3 Å². The molecule has 1 heterocycles. The largest absolute Gasteiger partial charge is 0.513 e. The zero-order valence-corrected chi connectivity index (χ0v) is 14.1. The molecule has 5 nitrogen and oxygen atoms in total. The predicted octanol–water partition coefficient (Wildman–Crippen LogP) is 4.23. The van der Waals surface area contributed by atoms with Crippen LogP contribution in [0.4, 0.5) is 4.79 Å². The van der Waals surface area contributed by atoms with Crippen molar-refractivity contribution in [3.63, 3.8) is 0 Å². The summed E-state index contributed by atoms with van der Waals surface area (Å²) in [6, 6.07) is 14.7. The van der Waals surface area contributed by atoms with E-state index in [0.29, 0.717) is 17.6 Å². The van der Waals surface area contributed by atoms with Crippen LogP contribution in [0, 0.1) is 6.92 Å². The number of ether oxygens (including phenoxy) is 2. The zero-order chi connectivity index (χ0) is 17.8. The second-order valence-corrected chi connectivity index (χ2v) is 5.60. The number of hydrogen-bond donors (Lipinski definition) is 0. The van der Waals surface area contributed by atoms with Crippen LogP contribution < -0.4 is 10.4 Å². The Kier molecular flexibility index (Phi) is 4.84. The molecule has 0 bridgehead atoms. The lowest BCUT2D eigenvalue weighted by Crippen LogP contribution is -2.12. The number of rotatable bonds is 4. The van der Waals surface area contributed by atoms with E-state index in [0.717, 1.165) is 16.5 Å². The molecule has 0 saturated heterocycles. The van der Waals surface area contributed by atoms with Crippen LogP contribution in [0.3, 0.4) is 0 Å². The summed E-state index contributed by atoms with van der Waals surface area (Å²) in [4.78, 5) is 23.8. The van der Waals surface area contributed by atoms with Gasteiger partial charge in [0.25, 0.3) is 0 Å². The van der Waals surface area contributed by atoms with Gasteiger partial charge in [-0.3, -0.25) is 0 Å². The Morgan fingerprint density at radius 3 is 2.60 bits per heavy atom. The molecule has 0 aliphatic heterocycles. The molecule has 0 aliphatic carbocycles. The van der Waals surface area contributed by atoms with Crippen molar-refractivity contribution in [2.45, 2.75) is 20.3 Å². The van der Waals surface area contributed by atoms with Crippen molar-refractivity contribution in [2.75, 3.05) is 6.61 Å². The zero-order valence-electron chi connectivity index (χ0n) is 14.1. The summed E-state index contributed by atoms with van der Waals surface area (Å²) in [6.45, 7) is 3.81. The molecule has 0 atom stereocenters. The van der Waals surface area contributed by atoms with E-state index in [1.54, 1.807) is 19.1 Å². The van der Waals surface area contributed by atoms with Gasteiger partial charge in [-0.2, -0.15) is 0 Å². The third-order valence-electron chi connectivity index (χ3n) is 3.95. The molecule has 0 saturated carbocycles. The van der Waals surface area contributed by atoms with E-state index in [1.165, 1.54) is 6.07 Å². The Morgan fingerprint density at radius 1 is 1.12 bits per heavy atom. The molecule has 0 aliphatic rings. The Labute approximate surface area is 144 Å². The first-order valence-electron chi connectivity index (χ1n) is 8.03. The van der Waals surface area contributed by atoms with Gasteiger partial charge in [0.2, 0.25) is 0 Å². The van der Waals surface area contributed by atoms with Gasteiger partial charge in [-0.15, -0.1) is 0 Å². The molecule has 0 unspecified atom stereocenters. The van der Waals surface area contributed by atoms with Gasteiger partial charge in [-0.1, -0.05) is 30.3 Å². The first-order valence-corrected chi connectivity index (χ1v) is 8.03. The maximum Gasteiger partial charge on any atom is 0.513 e. The van der Waals surface area contributed by atoms with E-state index >= 15 is 0 Å². The molecule has 3 rings (SSSR count). The molecule has 1 aromatic heterocycles. The lowest BCUT2D eigenvalue weighted by atomic mass is 10.00. The van der Waals surface area contributed by atoms with E-state index < -0.39 is 6.16 Å². The quantitative estimate of drug-likeness (QED) is 0.405. The maximum atomic E-state index is 12.4. The molecule has 3 aromatic rings. The van der Waals surface area contributed by atoms with Gasteiger partial charge in [-0.25, -0.2) is 9.59 Å². The third-order valence-corrected chi connectivity index (χ3v) is 3.95. The van der Waals surface area contributed by atoms with Gasteiger partial charge >= 0.3 is 11.8 Å². The number of benzene rings is 2. The van der Waals surface area contributed by atoms with E-state index in [4.69, 9.17) is 13.9 Å². The third kappa shape index (κ3) is 3.71. The minimum absolute atomic E-state index is 0.226. The van der Waals surface area contributed by atoms with Gasteiger partial charge in [0.15, 0.2) is 0 Å². The number of carbonyl (C=O) groups excluding carboxylic acids is 1. The standard InChI is InChI=1S/C20H18O5/c1-3-23-20(22)24-15-9-10-16-13(2)17(19(21)25-18(16)12-15)11-14-7-5-4-6-8-14/h4-10,12H,3,11H2,1-2H3. The Morgan fingerprint density at radius 2 is 1.88 bits per heavy atom. The second kappa shape index (κ2) is 7.21. The molecule has 25 heavy (non-hydrogen) atoms. The van der Waals surface area contributed by atoms with Crippen LogP contribution in [0.5, 0.6) is 5.75 Å². The highest BCUT2D eigenvalue weighted by atomic mass is 16.7. The fourth-order valence-electron chi connectivity index (χ4n) is 2.69. The molecular formula is C20H18O5. The monoisotopic (exact) mass is 338 g/mol. The Hall–Kier alpha value is -3.08. The van der Waals surface area contributed by atoms with Crippen molar-refractivity contribution in [2.24, 2.45) is 0 Å². The fraction of sp³-hybridized carbons (Fsp3) is 0.200. The molecule has 0 fully saturated rings. The second-order valence-electron chi connectivity index (χ2n) is 5.60. The number of carbonyl (C=O) groups is 1. The highest BCUT2D eigenvalue weighted by Crippen LogP contribution is 2.25. The summed E-state index contributed by atoms with van der Waals surface area (Å²) in [7, 11) is 0. The van der Waals surface area contributed by atoms with Crippen LogP contribution in [0.1, 0.15) is 23.6 Å². The van der Waals surface area contributed by atoms with E-state index in [9.17, 15) is 9.59 Å². The van der Waals surface area contributed by atoms with Crippen LogP contribution in [0.2, 0.25) is 0 Å². The molecule has 2 aromatic carbocycles. The normalized spacial score (nSPS) is 10.6. The first-order chi connectivity index (χ1) is 12.1. The van der Waals surface area contributed by atoms with Crippen LogP contribution in [-0.4, -0.2) is 12.8 Å². The number of fused-ring (bicyclic) bond motifs is 1. The number of hydrogen-bond acceptors (Lipinski definition) is 5. The predicted molar refractivity (Wildman–Crippen MR) is 94.1 cm³/mol. The minimum atomic E-state index is -0.790. The van der Waals surface area contributed by atoms with Gasteiger partial charge in [0, 0.05) is 23.4 Å². The molecule has 128 valence electrons. The SMILES string of the molecule is CCOC(=O)Oc1ccc2c(C)c(Cc3ccccc3)c(=O)oc2c1. The molecule has 5 heteroatoms. The average molecular weight is 338 g/mol.